The molecule has 2 aromatic heterocycles. The maximum Gasteiger partial charge on any atom is 0.295 e. The van der Waals surface area contributed by atoms with Crippen LogP contribution in [-0.4, -0.2) is 36.9 Å². The quantitative estimate of drug-likeness (QED) is 0.379. The van der Waals surface area contributed by atoms with Crippen molar-refractivity contribution in [3.63, 3.8) is 0 Å². The Kier molecular flexibility index (Phi) is 5.13. The summed E-state index contributed by atoms with van der Waals surface area (Å²) in [6, 6.07) is 9.70. The van der Waals surface area contributed by atoms with E-state index in [0.717, 1.165) is 5.56 Å². The fourth-order valence-electron chi connectivity index (χ4n) is 3.76. The first-order valence-corrected chi connectivity index (χ1v) is 9.71. The molecule has 3 aromatic rings. The molecule has 1 amide bonds. The fraction of sp³-hybridized carbons (Fsp3) is 0.182. The number of aryl methyl sites for hydroxylation is 2. The van der Waals surface area contributed by atoms with Gasteiger partial charge in [0, 0.05) is 29.7 Å². The third-order valence-electron chi connectivity index (χ3n) is 5.17. The van der Waals surface area contributed by atoms with Gasteiger partial charge in [-0.25, -0.2) is 0 Å². The number of rotatable bonds is 4. The van der Waals surface area contributed by atoms with Crippen LogP contribution in [-0.2, 0) is 16.1 Å². The second kappa shape index (κ2) is 7.76. The number of aromatic nitrogens is 3. The highest BCUT2D eigenvalue weighted by atomic mass is 35.5. The molecule has 0 bridgehead atoms. The number of H-pyrrole nitrogens is 1. The van der Waals surface area contributed by atoms with Crippen molar-refractivity contribution in [2.24, 2.45) is 0 Å². The van der Waals surface area contributed by atoms with Crippen LogP contribution < -0.4 is 0 Å². The molecule has 0 aliphatic carbocycles. The van der Waals surface area contributed by atoms with E-state index < -0.39 is 17.7 Å². The van der Waals surface area contributed by atoms with Gasteiger partial charge in [0.15, 0.2) is 0 Å². The summed E-state index contributed by atoms with van der Waals surface area (Å²) in [5, 5.41) is 18.5. The molecule has 1 saturated heterocycles. The second-order valence-corrected chi connectivity index (χ2v) is 7.59. The van der Waals surface area contributed by atoms with Crippen LogP contribution in [0.3, 0.4) is 0 Å². The van der Waals surface area contributed by atoms with Gasteiger partial charge in [0.05, 0.1) is 22.9 Å². The van der Waals surface area contributed by atoms with Gasteiger partial charge in [-0.15, -0.1) is 0 Å². The van der Waals surface area contributed by atoms with E-state index in [0.29, 0.717) is 27.5 Å². The molecule has 1 aliphatic rings. The Labute approximate surface area is 178 Å². The number of benzene rings is 1. The minimum atomic E-state index is -0.767. The first kappa shape index (κ1) is 19.8. The third kappa shape index (κ3) is 3.37. The molecule has 152 valence electrons. The van der Waals surface area contributed by atoms with Crippen molar-refractivity contribution in [3.05, 3.63) is 87.5 Å². The number of Topliss-reactive ketones (excluding diaryl/α,β-unsaturated/α-hetero) is 1. The van der Waals surface area contributed by atoms with Crippen LogP contribution in [0.5, 0.6) is 0 Å². The minimum absolute atomic E-state index is 0.0267. The Hall–Kier alpha value is -3.45. The lowest BCUT2D eigenvalue weighted by Gasteiger charge is -2.25. The highest BCUT2D eigenvalue weighted by molar-refractivity contribution is 6.46. The van der Waals surface area contributed by atoms with Crippen LogP contribution in [0.15, 0.2) is 54.4 Å². The highest BCUT2D eigenvalue weighted by Crippen LogP contribution is 2.41. The topological polar surface area (TPSA) is 99.2 Å². The number of amides is 1. The molecule has 0 saturated carbocycles. The van der Waals surface area contributed by atoms with Crippen molar-refractivity contribution in [1.82, 2.24) is 20.1 Å². The monoisotopic (exact) mass is 422 g/mol. The van der Waals surface area contributed by atoms with Crippen molar-refractivity contribution < 1.29 is 14.7 Å². The summed E-state index contributed by atoms with van der Waals surface area (Å²) in [5.74, 6) is -1.67. The smallest absolute Gasteiger partial charge is 0.295 e. The molecule has 0 spiro atoms. The normalized spacial score (nSPS) is 18.2. The summed E-state index contributed by atoms with van der Waals surface area (Å²) in [6.45, 7) is 3.64. The van der Waals surface area contributed by atoms with Crippen LogP contribution in [0.4, 0.5) is 0 Å². The lowest BCUT2D eigenvalue weighted by Crippen LogP contribution is -2.29. The number of hydrogen-bond acceptors (Lipinski definition) is 5. The molecule has 1 fully saturated rings. The number of carbonyl (C=O) groups is 2. The van der Waals surface area contributed by atoms with Crippen molar-refractivity contribution in [3.8, 4) is 0 Å². The van der Waals surface area contributed by atoms with Gasteiger partial charge in [-0.1, -0.05) is 29.8 Å². The maximum atomic E-state index is 13.0. The predicted molar refractivity (Wildman–Crippen MR) is 112 cm³/mol. The van der Waals surface area contributed by atoms with Gasteiger partial charge in [-0.2, -0.15) is 5.10 Å². The molecular weight excluding hydrogens is 404 g/mol. The number of likely N-dealkylation sites (tertiary alicyclic amines) is 1. The van der Waals surface area contributed by atoms with E-state index in [1.54, 1.807) is 56.6 Å². The maximum absolute atomic E-state index is 13.0. The van der Waals surface area contributed by atoms with Crippen molar-refractivity contribution in [1.29, 1.82) is 0 Å². The molecule has 1 aromatic carbocycles. The van der Waals surface area contributed by atoms with E-state index in [1.807, 2.05) is 6.07 Å². The van der Waals surface area contributed by atoms with Crippen molar-refractivity contribution in [2.75, 3.05) is 0 Å². The first-order chi connectivity index (χ1) is 14.4. The molecule has 1 aliphatic heterocycles. The number of hydrogen-bond donors (Lipinski definition) is 2. The number of pyridine rings is 1. The van der Waals surface area contributed by atoms with E-state index in [9.17, 15) is 14.7 Å². The van der Waals surface area contributed by atoms with Gasteiger partial charge >= 0.3 is 0 Å². The molecule has 8 heteroatoms. The lowest BCUT2D eigenvalue weighted by molar-refractivity contribution is -0.140. The molecule has 4 rings (SSSR count). The van der Waals surface area contributed by atoms with Crippen molar-refractivity contribution >= 4 is 29.1 Å². The van der Waals surface area contributed by atoms with Crippen LogP contribution in [0.1, 0.15) is 34.1 Å². The zero-order valence-corrected chi connectivity index (χ0v) is 17.1. The van der Waals surface area contributed by atoms with Gasteiger partial charge in [0.1, 0.15) is 5.76 Å². The first-order valence-electron chi connectivity index (χ1n) is 9.33. The molecule has 3 heterocycles. The number of carbonyl (C=O) groups excluding carboxylic acids is 2. The summed E-state index contributed by atoms with van der Waals surface area (Å²) >= 11 is 6.03. The van der Waals surface area contributed by atoms with Crippen LogP contribution in [0.2, 0.25) is 5.02 Å². The summed E-state index contributed by atoms with van der Waals surface area (Å²) in [5.41, 5.74) is 3.04. The summed E-state index contributed by atoms with van der Waals surface area (Å²) < 4.78 is 0. The molecule has 1 atom stereocenters. The minimum Gasteiger partial charge on any atom is -0.507 e. The standard InChI is InChI=1S/C22H19ClN4O3/c1-12-17(13(2)26-25-12)20(28)18-19(15-5-7-16(23)8-6-15)27(22(30)21(18)29)11-14-4-3-9-24-10-14/h3-10,19,28H,11H2,1-2H3,(H,25,26)/t19-/m1/s1. The van der Waals surface area contributed by atoms with E-state index in [4.69, 9.17) is 11.6 Å². The number of nitrogens with zero attached hydrogens (tertiary/aromatic N) is 3. The number of aliphatic hydroxyl groups is 1. The van der Waals surface area contributed by atoms with Crippen LogP contribution >= 0.6 is 11.6 Å². The molecular formula is C22H19ClN4O3. The lowest BCUT2D eigenvalue weighted by atomic mass is 9.94. The third-order valence-corrected chi connectivity index (χ3v) is 5.42. The Bertz CT molecular complexity index is 1130. The Morgan fingerprint density at radius 3 is 2.53 bits per heavy atom. The molecule has 0 radical (unpaired) electrons. The molecule has 30 heavy (non-hydrogen) atoms. The summed E-state index contributed by atoms with van der Waals surface area (Å²) in [7, 11) is 0. The van der Waals surface area contributed by atoms with E-state index in [1.165, 1.54) is 4.90 Å². The van der Waals surface area contributed by atoms with Gasteiger partial charge in [0.2, 0.25) is 0 Å². The number of nitrogens with one attached hydrogen (secondary N) is 1. The number of ketones is 1. The predicted octanol–water partition coefficient (Wildman–Crippen LogP) is 3.70. The average molecular weight is 423 g/mol. The largest absolute Gasteiger partial charge is 0.507 e. The SMILES string of the molecule is Cc1n[nH]c(C)c1C(O)=C1C(=O)C(=O)N(Cc2cccnc2)[C@@H]1c1ccc(Cl)cc1. The molecule has 7 nitrogen and oxygen atoms in total. The Balaban J connectivity index is 1.89. The van der Waals surface area contributed by atoms with Gasteiger partial charge in [-0.05, 0) is 43.2 Å². The number of halogens is 1. The highest BCUT2D eigenvalue weighted by Gasteiger charge is 2.46. The van der Waals surface area contributed by atoms with Gasteiger partial charge < -0.3 is 10.0 Å². The van der Waals surface area contributed by atoms with Gasteiger partial charge in [-0.3, -0.25) is 19.7 Å². The van der Waals surface area contributed by atoms with E-state index >= 15 is 0 Å². The summed E-state index contributed by atoms with van der Waals surface area (Å²) in [6.07, 6.45) is 3.28. The van der Waals surface area contributed by atoms with E-state index in [-0.39, 0.29) is 17.9 Å². The Morgan fingerprint density at radius 2 is 1.93 bits per heavy atom. The summed E-state index contributed by atoms with van der Waals surface area (Å²) in [4.78, 5) is 31.5. The van der Waals surface area contributed by atoms with E-state index in [2.05, 4.69) is 15.2 Å². The van der Waals surface area contributed by atoms with Crippen LogP contribution in [0.25, 0.3) is 5.76 Å². The second-order valence-electron chi connectivity index (χ2n) is 7.15. The fourth-order valence-corrected chi connectivity index (χ4v) is 3.88. The van der Waals surface area contributed by atoms with Crippen molar-refractivity contribution in [2.45, 2.75) is 26.4 Å². The van der Waals surface area contributed by atoms with Crippen LogP contribution in [0, 0.1) is 13.8 Å². The average Bonchev–Trinajstić information content (AvgIpc) is 3.20. The zero-order chi connectivity index (χ0) is 21.4. The molecule has 0 unspecified atom stereocenters. The Morgan fingerprint density at radius 1 is 1.20 bits per heavy atom. The number of aromatic amines is 1. The molecule has 2 N–H and O–H groups in total. The van der Waals surface area contributed by atoms with Gasteiger partial charge in [0.25, 0.3) is 11.7 Å². The zero-order valence-electron chi connectivity index (χ0n) is 16.4. The number of aliphatic hydroxyl groups excluding tert-OH is 1.